The van der Waals surface area contributed by atoms with Gasteiger partial charge in [-0.2, -0.15) is 0 Å². The molecule has 0 atom stereocenters. The number of nitrogens with zero attached hydrogens (tertiary/aromatic N) is 2. The average Bonchev–Trinajstić information content (AvgIpc) is 2.99. The van der Waals surface area contributed by atoms with Crippen LogP contribution in [0, 0.1) is 0 Å². The molecule has 0 saturated heterocycles. The molecule has 1 N–H and O–H groups in total. The minimum Gasteiger partial charge on any atom is -0.348 e. The predicted molar refractivity (Wildman–Crippen MR) is 90.4 cm³/mol. The van der Waals surface area contributed by atoms with Gasteiger partial charge in [0.05, 0.1) is 5.69 Å². The third-order valence-corrected chi connectivity index (χ3v) is 4.30. The second-order valence-corrected chi connectivity index (χ2v) is 7.17. The van der Waals surface area contributed by atoms with Crippen molar-refractivity contribution in [2.24, 2.45) is 0 Å². The van der Waals surface area contributed by atoms with Crippen LogP contribution in [0.3, 0.4) is 0 Å². The third-order valence-electron chi connectivity index (χ3n) is 4.30. The number of aromatic nitrogens is 2. The van der Waals surface area contributed by atoms with Gasteiger partial charge in [-0.15, -0.1) is 0 Å². The standard InChI is InChI=1S/C19H23N3O/c1-19(2,3)17-16(10-20-12-22-17)11-21-18(23)15-8-7-13-5-4-6-14(13)9-15/h7-10,12H,4-6,11H2,1-3H3,(H,21,23). The van der Waals surface area contributed by atoms with Crippen LogP contribution in [0.1, 0.15) is 59.9 Å². The summed E-state index contributed by atoms with van der Waals surface area (Å²) in [6.45, 7) is 6.78. The minimum absolute atomic E-state index is 0.0385. The summed E-state index contributed by atoms with van der Waals surface area (Å²) in [5, 5.41) is 3.00. The fraction of sp³-hybridized carbons (Fsp3) is 0.421. The summed E-state index contributed by atoms with van der Waals surface area (Å²) < 4.78 is 0. The van der Waals surface area contributed by atoms with Crippen LogP contribution >= 0.6 is 0 Å². The molecule has 1 amide bonds. The maximum Gasteiger partial charge on any atom is 0.251 e. The number of aryl methyl sites for hydroxylation is 2. The number of hydrogen-bond acceptors (Lipinski definition) is 3. The highest BCUT2D eigenvalue weighted by atomic mass is 16.1. The molecule has 1 aliphatic rings. The van der Waals surface area contributed by atoms with E-state index in [4.69, 9.17) is 0 Å². The molecule has 4 heteroatoms. The van der Waals surface area contributed by atoms with Crippen LogP contribution < -0.4 is 5.32 Å². The van der Waals surface area contributed by atoms with Gasteiger partial charge in [-0.3, -0.25) is 4.79 Å². The Balaban J connectivity index is 1.73. The molecule has 3 rings (SSSR count). The summed E-state index contributed by atoms with van der Waals surface area (Å²) >= 11 is 0. The van der Waals surface area contributed by atoms with Crippen molar-refractivity contribution in [3.63, 3.8) is 0 Å². The highest BCUT2D eigenvalue weighted by molar-refractivity contribution is 5.94. The molecular formula is C19H23N3O. The molecule has 1 heterocycles. The van der Waals surface area contributed by atoms with Gasteiger partial charge in [0.2, 0.25) is 0 Å². The lowest BCUT2D eigenvalue weighted by Crippen LogP contribution is -2.26. The molecule has 1 aromatic heterocycles. The molecule has 0 saturated carbocycles. The van der Waals surface area contributed by atoms with Gasteiger partial charge in [-0.1, -0.05) is 26.8 Å². The molecule has 0 bridgehead atoms. The van der Waals surface area contributed by atoms with E-state index in [1.54, 1.807) is 12.5 Å². The molecule has 4 nitrogen and oxygen atoms in total. The zero-order chi connectivity index (χ0) is 16.4. The minimum atomic E-state index is -0.0728. The van der Waals surface area contributed by atoms with Gasteiger partial charge in [0, 0.05) is 29.3 Å². The molecule has 23 heavy (non-hydrogen) atoms. The topological polar surface area (TPSA) is 54.9 Å². The van der Waals surface area contributed by atoms with E-state index in [9.17, 15) is 4.79 Å². The first-order valence-corrected chi connectivity index (χ1v) is 8.14. The Morgan fingerprint density at radius 3 is 2.78 bits per heavy atom. The van der Waals surface area contributed by atoms with E-state index >= 15 is 0 Å². The fourth-order valence-electron chi connectivity index (χ4n) is 3.15. The maximum atomic E-state index is 12.4. The number of fused-ring (bicyclic) bond motifs is 1. The predicted octanol–water partition coefficient (Wildman–Crippen LogP) is 3.19. The zero-order valence-corrected chi connectivity index (χ0v) is 14.0. The van der Waals surface area contributed by atoms with Crippen LogP contribution in [-0.2, 0) is 24.8 Å². The van der Waals surface area contributed by atoms with Crippen LogP contribution in [0.2, 0.25) is 0 Å². The van der Waals surface area contributed by atoms with E-state index in [1.165, 1.54) is 17.5 Å². The quantitative estimate of drug-likeness (QED) is 0.947. The Morgan fingerprint density at radius 1 is 1.22 bits per heavy atom. The average molecular weight is 309 g/mol. The van der Waals surface area contributed by atoms with E-state index < -0.39 is 0 Å². The molecule has 2 aromatic rings. The first-order chi connectivity index (χ1) is 10.9. The summed E-state index contributed by atoms with van der Waals surface area (Å²) in [4.78, 5) is 20.9. The Morgan fingerprint density at radius 2 is 2.00 bits per heavy atom. The summed E-state index contributed by atoms with van der Waals surface area (Å²) in [6, 6.07) is 6.04. The number of carbonyl (C=O) groups excluding carboxylic acids is 1. The highest BCUT2D eigenvalue weighted by Gasteiger charge is 2.20. The van der Waals surface area contributed by atoms with E-state index in [2.05, 4.69) is 42.1 Å². The number of carbonyl (C=O) groups is 1. The monoisotopic (exact) mass is 309 g/mol. The van der Waals surface area contributed by atoms with E-state index in [1.807, 2.05) is 12.1 Å². The molecule has 120 valence electrons. The van der Waals surface area contributed by atoms with E-state index in [0.717, 1.165) is 29.7 Å². The molecule has 0 radical (unpaired) electrons. The SMILES string of the molecule is CC(C)(C)c1ncncc1CNC(=O)c1ccc2c(c1)CCC2. The summed E-state index contributed by atoms with van der Waals surface area (Å²) in [7, 11) is 0. The maximum absolute atomic E-state index is 12.4. The van der Waals surface area contributed by atoms with Gasteiger partial charge in [-0.25, -0.2) is 9.97 Å². The van der Waals surface area contributed by atoms with Gasteiger partial charge in [0.1, 0.15) is 6.33 Å². The number of amides is 1. The molecule has 0 spiro atoms. The van der Waals surface area contributed by atoms with Crippen molar-refractivity contribution in [2.75, 3.05) is 0 Å². The lowest BCUT2D eigenvalue weighted by Gasteiger charge is -2.21. The summed E-state index contributed by atoms with van der Waals surface area (Å²) in [6.07, 6.45) is 6.75. The van der Waals surface area contributed by atoms with E-state index in [0.29, 0.717) is 6.54 Å². The zero-order valence-electron chi connectivity index (χ0n) is 14.0. The van der Waals surface area contributed by atoms with Crippen LogP contribution in [0.5, 0.6) is 0 Å². The Hall–Kier alpha value is -2.23. The van der Waals surface area contributed by atoms with Crippen molar-refractivity contribution < 1.29 is 4.79 Å². The second-order valence-electron chi connectivity index (χ2n) is 7.17. The molecular weight excluding hydrogens is 286 g/mol. The third kappa shape index (κ3) is 3.41. The molecule has 0 unspecified atom stereocenters. The van der Waals surface area contributed by atoms with Crippen molar-refractivity contribution in [3.8, 4) is 0 Å². The number of nitrogens with one attached hydrogen (secondary N) is 1. The molecule has 1 aromatic carbocycles. The first-order valence-electron chi connectivity index (χ1n) is 8.14. The van der Waals surface area contributed by atoms with Gasteiger partial charge >= 0.3 is 0 Å². The van der Waals surface area contributed by atoms with E-state index in [-0.39, 0.29) is 11.3 Å². The van der Waals surface area contributed by atoms with Crippen molar-refractivity contribution in [1.82, 2.24) is 15.3 Å². The van der Waals surface area contributed by atoms with Crippen LogP contribution in [0.15, 0.2) is 30.7 Å². The smallest absolute Gasteiger partial charge is 0.251 e. The van der Waals surface area contributed by atoms with Crippen LogP contribution in [0.4, 0.5) is 0 Å². The van der Waals surface area contributed by atoms with Gasteiger partial charge in [0.25, 0.3) is 5.91 Å². The Labute approximate surface area is 137 Å². The summed E-state index contributed by atoms with van der Waals surface area (Å²) in [5.74, 6) is -0.0385. The lowest BCUT2D eigenvalue weighted by molar-refractivity contribution is 0.0950. The second kappa shape index (κ2) is 6.11. The van der Waals surface area contributed by atoms with Gasteiger partial charge in [0.15, 0.2) is 0 Å². The normalized spacial score (nSPS) is 13.7. The van der Waals surface area contributed by atoms with Crippen molar-refractivity contribution in [3.05, 3.63) is 58.7 Å². The Bertz CT molecular complexity index is 732. The van der Waals surface area contributed by atoms with Gasteiger partial charge < -0.3 is 5.32 Å². The first kappa shape index (κ1) is 15.7. The fourth-order valence-corrected chi connectivity index (χ4v) is 3.15. The van der Waals surface area contributed by atoms with Crippen molar-refractivity contribution >= 4 is 5.91 Å². The summed E-state index contributed by atoms with van der Waals surface area (Å²) in [5.41, 5.74) is 5.30. The van der Waals surface area contributed by atoms with Gasteiger partial charge in [-0.05, 0) is 42.5 Å². The number of rotatable bonds is 3. The Kier molecular flexibility index (Phi) is 4.16. The van der Waals surface area contributed by atoms with Crippen molar-refractivity contribution in [2.45, 2.75) is 52.0 Å². The molecule has 0 fully saturated rings. The lowest BCUT2D eigenvalue weighted by atomic mass is 9.89. The molecule has 1 aliphatic carbocycles. The largest absolute Gasteiger partial charge is 0.348 e. The van der Waals surface area contributed by atoms with Crippen LogP contribution in [-0.4, -0.2) is 15.9 Å². The number of benzene rings is 1. The molecule has 0 aliphatic heterocycles. The highest BCUT2D eigenvalue weighted by Crippen LogP contribution is 2.24. The van der Waals surface area contributed by atoms with Crippen molar-refractivity contribution in [1.29, 1.82) is 0 Å². The van der Waals surface area contributed by atoms with Crippen LogP contribution in [0.25, 0.3) is 0 Å². The number of hydrogen-bond donors (Lipinski definition) is 1.